The molecule has 0 aliphatic heterocycles. The molecule has 0 aromatic rings. The van der Waals surface area contributed by atoms with Gasteiger partial charge < -0.3 is 0 Å². The standard InChI is InChI=1S/C7H10O2S/c1-2-10(8,9)7-5-3-4-6-7/h1,7H,3-6H2. The largest absolute Gasteiger partial charge is 0.219 e. The summed E-state index contributed by atoms with van der Waals surface area (Å²) in [6, 6.07) is 0. The second kappa shape index (κ2) is 2.63. The monoisotopic (exact) mass is 158 g/mol. The van der Waals surface area contributed by atoms with Crippen molar-refractivity contribution in [1.82, 2.24) is 0 Å². The van der Waals surface area contributed by atoms with Crippen LogP contribution in [0.15, 0.2) is 0 Å². The van der Waals surface area contributed by atoms with E-state index in [1.54, 1.807) is 0 Å². The van der Waals surface area contributed by atoms with E-state index in [9.17, 15) is 8.42 Å². The Balaban J connectivity index is 2.76. The zero-order valence-electron chi connectivity index (χ0n) is 5.71. The highest BCUT2D eigenvalue weighted by Gasteiger charge is 2.26. The fourth-order valence-electron chi connectivity index (χ4n) is 1.29. The van der Waals surface area contributed by atoms with Gasteiger partial charge in [-0.05, 0) is 12.8 Å². The molecule has 1 saturated carbocycles. The third-order valence-corrected chi connectivity index (χ3v) is 3.58. The Morgan fingerprint density at radius 2 is 1.80 bits per heavy atom. The number of terminal acetylenes is 1. The van der Waals surface area contributed by atoms with Gasteiger partial charge in [-0.2, -0.15) is 0 Å². The zero-order chi connectivity index (χ0) is 7.61. The normalized spacial score (nSPS) is 20.7. The lowest BCUT2D eigenvalue weighted by Crippen LogP contribution is -2.14. The lowest BCUT2D eigenvalue weighted by molar-refractivity contribution is 0.590. The minimum absolute atomic E-state index is 0.238. The van der Waals surface area contributed by atoms with Crippen LogP contribution in [-0.4, -0.2) is 13.7 Å². The molecule has 0 unspecified atom stereocenters. The van der Waals surface area contributed by atoms with Crippen LogP contribution in [-0.2, 0) is 9.84 Å². The highest BCUT2D eigenvalue weighted by Crippen LogP contribution is 2.24. The number of sulfone groups is 1. The molecule has 56 valence electrons. The van der Waals surface area contributed by atoms with E-state index in [2.05, 4.69) is 0 Å². The van der Waals surface area contributed by atoms with Crippen LogP contribution in [0.1, 0.15) is 25.7 Å². The highest BCUT2D eigenvalue weighted by atomic mass is 32.2. The first-order chi connectivity index (χ1) is 4.67. The van der Waals surface area contributed by atoms with E-state index in [0.717, 1.165) is 25.7 Å². The van der Waals surface area contributed by atoms with Crippen LogP contribution >= 0.6 is 0 Å². The number of hydrogen-bond acceptors (Lipinski definition) is 2. The van der Waals surface area contributed by atoms with Crippen LogP contribution < -0.4 is 0 Å². The molecule has 1 aliphatic rings. The Morgan fingerprint density at radius 3 is 2.20 bits per heavy atom. The molecular weight excluding hydrogens is 148 g/mol. The molecule has 1 aliphatic carbocycles. The summed E-state index contributed by atoms with van der Waals surface area (Å²) < 4.78 is 21.9. The van der Waals surface area contributed by atoms with Gasteiger partial charge in [0.25, 0.3) is 0 Å². The first-order valence-electron chi connectivity index (χ1n) is 3.38. The number of rotatable bonds is 1. The van der Waals surface area contributed by atoms with Gasteiger partial charge in [0, 0.05) is 5.25 Å². The molecular formula is C7H10O2S. The fraction of sp³-hybridized carbons (Fsp3) is 0.714. The van der Waals surface area contributed by atoms with E-state index in [-0.39, 0.29) is 5.25 Å². The minimum Gasteiger partial charge on any atom is -0.215 e. The molecule has 0 aromatic carbocycles. The van der Waals surface area contributed by atoms with Crippen LogP contribution in [0.3, 0.4) is 0 Å². The third kappa shape index (κ3) is 1.32. The average Bonchev–Trinajstić information content (AvgIpc) is 2.38. The number of hydrogen-bond donors (Lipinski definition) is 0. The quantitative estimate of drug-likeness (QED) is 0.420. The molecule has 0 heterocycles. The highest BCUT2D eigenvalue weighted by molar-refractivity contribution is 7.96. The summed E-state index contributed by atoms with van der Waals surface area (Å²) in [5.74, 6) is 0. The van der Waals surface area contributed by atoms with Crippen molar-refractivity contribution in [2.75, 3.05) is 0 Å². The third-order valence-electron chi connectivity index (χ3n) is 1.91. The van der Waals surface area contributed by atoms with Gasteiger partial charge >= 0.3 is 0 Å². The van der Waals surface area contributed by atoms with E-state index >= 15 is 0 Å². The summed E-state index contributed by atoms with van der Waals surface area (Å²) in [7, 11) is -3.17. The van der Waals surface area contributed by atoms with Crippen LogP contribution in [0.4, 0.5) is 0 Å². The second-order valence-corrected chi connectivity index (χ2v) is 4.56. The summed E-state index contributed by atoms with van der Waals surface area (Å²) in [5.41, 5.74) is 0. The van der Waals surface area contributed by atoms with Gasteiger partial charge in [-0.1, -0.05) is 12.8 Å². The summed E-state index contributed by atoms with van der Waals surface area (Å²) in [6.45, 7) is 0. The van der Waals surface area contributed by atoms with Crippen molar-refractivity contribution >= 4 is 9.84 Å². The van der Waals surface area contributed by atoms with Crippen LogP contribution in [0.5, 0.6) is 0 Å². The predicted molar refractivity (Wildman–Crippen MR) is 40.0 cm³/mol. The van der Waals surface area contributed by atoms with Gasteiger partial charge in [0.2, 0.25) is 9.84 Å². The predicted octanol–water partition coefficient (Wildman–Crippen LogP) is 0.935. The van der Waals surface area contributed by atoms with Gasteiger partial charge in [-0.3, -0.25) is 0 Å². The van der Waals surface area contributed by atoms with E-state index in [4.69, 9.17) is 6.42 Å². The molecule has 0 atom stereocenters. The summed E-state index contributed by atoms with van der Waals surface area (Å²) in [6.07, 6.45) is 8.37. The molecule has 0 saturated heterocycles. The molecule has 2 nitrogen and oxygen atoms in total. The SMILES string of the molecule is C#CS(=O)(=O)C1CCCC1. The Bertz CT molecular complexity index is 239. The van der Waals surface area contributed by atoms with E-state index < -0.39 is 9.84 Å². The molecule has 0 spiro atoms. The van der Waals surface area contributed by atoms with Gasteiger partial charge in [-0.25, -0.2) is 8.42 Å². The summed E-state index contributed by atoms with van der Waals surface area (Å²) in [4.78, 5) is 0. The maximum atomic E-state index is 11.0. The minimum atomic E-state index is -3.17. The van der Waals surface area contributed by atoms with Crippen molar-refractivity contribution in [2.24, 2.45) is 0 Å². The van der Waals surface area contributed by atoms with Crippen molar-refractivity contribution < 1.29 is 8.42 Å². The van der Waals surface area contributed by atoms with Crippen molar-refractivity contribution in [3.8, 4) is 11.7 Å². The van der Waals surface area contributed by atoms with Crippen molar-refractivity contribution in [3.05, 3.63) is 0 Å². The Labute approximate surface area is 61.5 Å². The molecule has 0 radical (unpaired) electrons. The molecule has 10 heavy (non-hydrogen) atoms. The van der Waals surface area contributed by atoms with Crippen LogP contribution in [0.2, 0.25) is 0 Å². The molecule has 0 aromatic heterocycles. The van der Waals surface area contributed by atoms with Gasteiger partial charge in [0.05, 0.1) is 5.25 Å². The smallest absolute Gasteiger partial charge is 0.215 e. The van der Waals surface area contributed by atoms with E-state index in [1.165, 1.54) is 0 Å². The lowest BCUT2D eigenvalue weighted by Gasteiger charge is -2.02. The van der Waals surface area contributed by atoms with Crippen molar-refractivity contribution in [2.45, 2.75) is 30.9 Å². The topological polar surface area (TPSA) is 34.1 Å². The first-order valence-corrected chi connectivity index (χ1v) is 4.92. The zero-order valence-corrected chi connectivity index (χ0v) is 6.52. The fourth-order valence-corrected chi connectivity index (χ4v) is 2.44. The van der Waals surface area contributed by atoms with Gasteiger partial charge in [0.15, 0.2) is 0 Å². The second-order valence-electron chi connectivity index (χ2n) is 2.57. The average molecular weight is 158 g/mol. The maximum Gasteiger partial charge on any atom is 0.219 e. The van der Waals surface area contributed by atoms with E-state index in [1.807, 2.05) is 5.25 Å². The van der Waals surface area contributed by atoms with Crippen molar-refractivity contribution in [3.63, 3.8) is 0 Å². The first kappa shape index (κ1) is 7.62. The van der Waals surface area contributed by atoms with Gasteiger partial charge in [0.1, 0.15) is 0 Å². The summed E-state index contributed by atoms with van der Waals surface area (Å²) >= 11 is 0. The van der Waals surface area contributed by atoms with Crippen LogP contribution in [0.25, 0.3) is 0 Å². The molecule has 0 N–H and O–H groups in total. The Hall–Kier alpha value is -0.490. The Morgan fingerprint density at radius 1 is 1.30 bits per heavy atom. The van der Waals surface area contributed by atoms with Gasteiger partial charge in [-0.15, -0.1) is 6.42 Å². The molecule has 0 bridgehead atoms. The molecule has 1 fully saturated rings. The summed E-state index contributed by atoms with van der Waals surface area (Å²) in [5, 5.41) is 1.62. The Kier molecular flexibility index (Phi) is 2.00. The molecule has 1 rings (SSSR count). The van der Waals surface area contributed by atoms with Crippen LogP contribution in [0, 0.1) is 11.7 Å². The molecule has 0 amide bonds. The lowest BCUT2D eigenvalue weighted by atomic mass is 10.4. The molecule has 3 heteroatoms. The maximum absolute atomic E-state index is 11.0. The van der Waals surface area contributed by atoms with Crippen molar-refractivity contribution in [1.29, 1.82) is 0 Å². The van der Waals surface area contributed by atoms with E-state index in [0.29, 0.717) is 0 Å².